The van der Waals surface area contributed by atoms with Crippen LogP contribution in [-0.2, 0) is 11.0 Å². The number of anilines is 1. The number of aromatic nitrogens is 1. The van der Waals surface area contributed by atoms with Crippen molar-refractivity contribution in [1.29, 1.82) is 0 Å². The van der Waals surface area contributed by atoms with Crippen LogP contribution in [0, 0.1) is 0 Å². The standard InChI is InChI=1S/C16H12ClF3N2O3S/c1-8(26-15-11(17)4-9(6-21-15)16(18,19)20)14(23)22-10-2-3-12-13(5-10)25-7-24-12/h2-6,8H,7H2,1H3,(H,22,23)/t8-/m0/s1. The van der Waals surface area contributed by atoms with E-state index in [1.165, 1.54) is 0 Å². The molecular formula is C16H12ClF3N2O3S. The molecule has 0 bridgehead atoms. The van der Waals surface area contributed by atoms with Gasteiger partial charge in [0.2, 0.25) is 12.7 Å². The van der Waals surface area contributed by atoms with Crippen molar-refractivity contribution < 1.29 is 27.4 Å². The number of fused-ring (bicyclic) bond motifs is 1. The smallest absolute Gasteiger partial charge is 0.417 e. The van der Waals surface area contributed by atoms with Crippen LogP contribution in [0.5, 0.6) is 11.5 Å². The first-order valence-corrected chi connectivity index (χ1v) is 8.59. The highest BCUT2D eigenvalue weighted by atomic mass is 35.5. The fourth-order valence-corrected chi connectivity index (χ4v) is 3.19. The number of benzene rings is 1. The molecule has 3 rings (SSSR count). The minimum absolute atomic E-state index is 0.122. The Hall–Kier alpha value is -2.13. The zero-order valence-electron chi connectivity index (χ0n) is 13.3. The lowest BCUT2D eigenvalue weighted by Gasteiger charge is -2.13. The molecule has 1 N–H and O–H groups in total. The van der Waals surface area contributed by atoms with E-state index in [9.17, 15) is 18.0 Å². The Morgan fingerprint density at radius 1 is 1.31 bits per heavy atom. The molecule has 1 aliphatic rings. The highest BCUT2D eigenvalue weighted by molar-refractivity contribution is 8.00. The van der Waals surface area contributed by atoms with E-state index < -0.39 is 17.0 Å². The number of carbonyl (C=O) groups is 1. The van der Waals surface area contributed by atoms with Gasteiger partial charge >= 0.3 is 6.18 Å². The minimum atomic E-state index is -4.53. The van der Waals surface area contributed by atoms with Crippen LogP contribution in [0.4, 0.5) is 18.9 Å². The Morgan fingerprint density at radius 2 is 2.04 bits per heavy atom. The average molecular weight is 405 g/mol. The van der Waals surface area contributed by atoms with E-state index in [-0.39, 0.29) is 22.7 Å². The Morgan fingerprint density at radius 3 is 2.73 bits per heavy atom. The number of ether oxygens (including phenoxy) is 2. The Balaban J connectivity index is 1.66. The summed E-state index contributed by atoms with van der Waals surface area (Å²) in [7, 11) is 0. The van der Waals surface area contributed by atoms with E-state index in [0.29, 0.717) is 23.4 Å². The average Bonchev–Trinajstić information content (AvgIpc) is 3.03. The van der Waals surface area contributed by atoms with Gasteiger partial charge in [-0.2, -0.15) is 13.2 Å². The topological polar surface area (TPSA) is 60.5 Å². The molecule has 2 aromatic rings. The fraction of sp³-hybridized carbons (Fsp3) is 0.250. The van der Waals surface area contributed by atoms with Gasteiger partial charge in [-0.1, -0.05) is 23.4 Å². The van der Waals surface area contributed by atoms with Gasteiger partial charge in [-0.25, -0.2) is 4.98 Å². The van der Waals surface area contributed by atoms with Crippen LogP contribution in [0.1, 0.15) is 12.5 Å². The number of halogens is 4. The number of nitrogens with zero attached hydrogens (tertiary/aromatic N) is 1. The molecule has 1 atom stereocenters. The zero-order valence-corrected chi connectivity index (χ0v) is 14.8. The first-order chi connectivity index (χ1) is 12.2. The SMILES string of the molecule is C[C@H](Sc1ncc(C(F)(F)F)cc1Cl)C(=O)Nc1ccc2c(c1)OCO2. The molecule has 2 heterocycles. The summed E-state index contributed by atoms with van der Waals surface area (Å²) in [6, 6.07) is 5.75. The number of alkyl halides is 3. The lowest BCUT2D eigenvalue weighted by atomic mass is 10.2. The van der Waals surface area contributed by atoms with Gasteiger partial charge in [0.1, 0.15) is 5.03 Å². The lowest BCUT2D eigenvalue weighted by molar-refractivity contribution is -0.137. The maximum absolute atomic E-state index is 12.6. The normalized spacial score (nSPS) is 14.2. The second-order valence-electron chi connectivity index (χ2n) is 5.33. The van der Waals surface area contributed by atoms with Crippen LogP contribution in [-0.4, -0.2) is 22.9 Å². The molecule has 26 heavy (non-hydrogen) atoms. The third-order valence-corrected chi connectivity index (χ3v) is 4.95. The molecule has 0 unspecified atom stereocenters. The van der Waals surface area contributed by atoms with E-state index in [4.69, 9.17) is 21.1 Å². The summed E-state index contributed by atoms with van der Waals surface area (Å²) in [5.41, 5.74) is -0.428. The molecule has 0 saturated carbocycles. The molecule has 10 heteroatoms. The van der Waals surface area contributed by atoms with Crippen LogP contribution in [0.25, 0.3) is 0 Å². The van der Waals surface area contributed by atoms with Gasteiger partial charge in [-0.3, -0.25) is 4.79 Å². The highest BCUT2D eigenvalue weighted by Crippen LogP contribution is 2.36. The monoisotopic (exact) mass is 404 g/mol. The molecule has 0 radical (unpaired) electrons. The van der Waals surface area contributed by atoms with Crippen molar-refractivity contribution in [2.24, 2.45) is 0 Å². The van der Waals surface area contributed by atoms with Gasteiger partial charge in [-0.15, -0.1) is 0 Å². The highest BCUT2D eigenvalue weighted by Gasteiger charge is 2.32. The van der Waals surface area contributed by atoms with E-state index in [0.717, 1.165) is 17.8 Å². The van der Waals surface area contributed by atoms with E-state index in [1.54, 1.807) is 25.1 Å². The maximum atomic E-state index is 12.6. The second kappa shape index (κ2) is 7.24. The van der Waals surface area contributed by atoms with E-state index in [1.807, 2.05) is 0 Å². The summed E-state index contributed by atoms with van der Waals surface area (Å²) >= 11 is 6.83. The van der Waals surface area contributed by atoms with Gasteiger partial charge in [0, 0.05) is 18.0 Å². The Labute approximate surface area is 155 Å². The number of hydrogen-bond acceptors (Lipinski definition) is 5. The van der Waals surface area contributed by atoms with E-state index >= 15 is 0 Å². The lowest BCUT2D eigenvalue weighted by Crippen LogP contribution is -2.22. The Bertz CT molecular complexity index is 848. The van der Waals surface area contributed by atoms with Crippen LogP contribution in [0.15, 0.2) is 35.5 Å². The summed E-state index contributed by atoms with van der Waals surface area (Å²) in [6.07, 6.45) is -3.83. The predicted octanol–water partition coefficient (Wildman–Crippen LogP) is 4.60. The summed E-state index contributed by atoms with van der Waals surface area (Å²) in [4.78, 5) is 16.0. The molecule has 1 amide bonds. The van der Waals surface area contributed by atoms with Crippen molar-refractivity contribution in [3.8, 4) is 11.5 Å². The molecule has 0 fully saturated rings. The maximum Gasteiger partial charge on any atom is 0.417 e. The summed E-state index contributed by atoms with van der Waals surface area (Å²) in [5, 5.41) is 2.05. The molecule has 5 nitrogen and oxygen atoms in total. The van der Waals surface area contributed by atoms with E-state index in [2.05, 4.69) is 10.3 Å². The number of thioether (sulfide) groups is 1. The zero-order chi connectivity index (χ0) is 18.9. The summed E-state index contributed by atoms with van der Waals surface area (Å²) < 4.78 is 48.3. The van der Waals surface area contributed by atoms with Crippen molar-refractivity contribution in [2.75, 3.05) is 12.1 Å². The van der Waals surface area contributed by atoms with Gasteiger partial charge in [0.15, 0.2) is 11.5 Å². The number of rotatable bonds is 4. The Kier molecular flexibility index (Phi) is 5.19. The fourth-order valence-electron chi connectivity index (χ4n) is 2.11. The van der Waals surface area contributed by atoms with Crippen molar-refractivity contribution >= 4 is 35.0 Å². The molecule has 0 saturated heterocycles. The third-order valence-electron chi connectivity index (χ3n) is 3.43. The molecular weight excluding hydrogens is 393 g/mol. The van der Waals surface area contributed by atoms with Crippen LogP contribution in [0.3, 0.4) is 0 Å². The molecule has 0 spiro atoms. The van der Waals surface area contributed by atoms with Crippen molar-refractivity contribution in [2.45, 2.75) is 23.4 Å². The third kappa shape index (κ3) is 4.16. The van der Waals surface area contributed by atoms with Crippen LogP contribution < -0.4 is 14.8 Å². The number of carbonyl (C=O) groups excluding carboxylic acids is 1. The summed E-state index contributed by atoms with van der Waals surface area (Å²) in [6.45, 7) is 1.72. The van der Waals surface area contributed by atoms with Crippen molar-refractivity contribution in [3.63, 3.8) is 0 Å². The number of amides is 1. The van der Waals surface area contributed by atoms with Crippen molar-refractivity contribution in [1.82, 2.24) is 4.98 Å². The van der Waals surface area contributed by atoms with Gasteiger partial charge in [-0.05, 0) is 25.1 Å². The first kappa shape index (κ1) is 18.7. The van der Waals surface area contributed by atoms with Crippen LogP contribution >= 0.6 is 23.4 Å². The molecule has 1 aromatic heterocycles. The number of pyridine rings is 1. The summed E-state index contributed by atoms with van der Waals surface area (Å²) in [5.74, 6) is 0.758. The van der Waals surface area contributed by atoms with Crippen LogP contribution in [0.2, 0.25) is 5.02 Å². The second-order valence-corrected chi connectivity index (χ2v) is 7.06. The number of nitrogens with one attached hydrogen (secondary N) is 1. The number of hydrogen-bond donors (Lipinski definition) is 1. The van der Waals surface area contributed by atoms with Gasteiger partial charge in [0.25, 0.3) is 0 Å². The molecule has 0 aliphatic carbocycles. The quantitative estimate of drug-likeness (QED) is 0.754. The molecule has 1 aliphatic heterocycles. The minimum Gasteiger partial charge on any atom is -0.454 e. The predicted molar refractivity (Wildman–Crippen MR) is 90.8 cm³/mol. The van der Waals surface area contributed by atoms with Gasteiger partial charge < -0.3 is 14.8 Å². The molecule has 1 aromatic carbocycles. The van der Waals surface area contributed by atoms with Gasteiger partial charge in [0.05, 0.1) is 15.8 Å². The first-order valence-electron chi connectivity index (χ1n) is 7.34. The largest absolute Gasteiger partial charge is 0.454 e. The van der Waals surface area contributed by atoms with Crippen molar-refractivity contribution in [3.05, 3.63) is 41.0 Å². The molecule has 138 valence electrons.